The zero-order valence-electron chi connectivity index (χ0n) is 3.40. The van der Waals surface area contributed by atoms with Crippen LogP contribution in [0.3, 0.4) is 0 Å². The predicted molar refractivity (Wildman–Crippen MR) is 35.7 cm³/mol. The van der Waals surface area contributed by atoms with Crippen LogP contribution < -0.4 is 0 Å². The van der Waals surface area contributed by atoms with E-state index >= 15 is 0 Å². The van der Waals surface area contributed by atoms with Crippen molar-refractivity contribution in [2.24, 2.45) is 0 Å². The van der Waals surface area contributed by atoms with Crippen molar-refractivity contribution in [2.45, 2.75) is 19.8 Å². The van der Waals surface area contributed by atoms with E-state index in [9.17, 15) is 0 Å². The monoisotopic (exact) mass is 112 g/mol. The van der Waals surface area contributed by atoms with Crippen LogP contribution in [0.25, 0.3) is 0 Å². The third-order valence-corrected chi connectivity index (χ3v) is 0.642. The van der Waals surface area contributed by atoms with Crippen molar-refractivity contribution in [3.63, 3.8) is 0 Å². The average Bonchev–Trinajstić information content (AvgIpc) is 1.41. The second kappa shape index (κ2) is 9.43. The third kappa shape index (κ3) is 8.92. The zero-order chi connectivity index (χ0) is 4.12. The number of rotatable bonds is 2. The Bertz CT molecular complexity index is 28.7. The molecule has 0 rings (SSSR count). The van der Waals surface area contributed by atoms with Gasteiger partial charge in [-0.1, -0.05) is 25.6 Å². The van der Waals surface area contributed by atoms with Gasteiger partial charge in [0.25, 0.3) is 0 Å². The van der Waals surface area contributed by atoms with E-state index in [1.165, 1.54) is 6.42 Å². The van der Waals surface area contributed by atoms with Gasteiger partial charge in [0, 0.05) is 0 Å². The molecule has 0 spiro atoms. The van der Waals surface area contributed by atoms with Crippen molar-refractivity contribution in [3.8, 4) is 0 Å². The van der Waals surface area contributed by atoms with Gasteiger partial charge in [-0.3, -0.25) is 0 Å². The number of hydrogen-bond donors (Lipinski definition) is 0. The molecule has 0 amide bonds. The van der Waals surface area contributed by atoms with Crippen molar-refractivity contribution in [3.05, 3.63) is 0 Å². The second-order valence-electron chi connectivity index (χ2n) is 0.955. The Morgan fingerprint density at radius 1 is 1.67 bits per heavy atom. The topological polar surface area (TPSA) is 0 Å². The molecule has 2 heteroatoms. The van der Waals surface area contributed by atoms with Gasteiger partial charge in [0.05, 0.1) is 0 Å². The molecule has 0 aliphatic rings. The van der Waals surface area contributed by atoms with Crippen LogP contribution in [0.15, 0.2) is 0 Å². The van der Waals surface area contributed by atoms with E-state index in [-0.39, 0.29) is 29.6 Å². The molecular formula is C4H9NaS. The van der Waals surface area contributed by atoms with Crippen LogP contribution >= 0.6 is 12.2 Å². The summed E-state index contributed by atoms with van der Waals surface area (Å²) in [4.78, 5) is 0. The van der Waals surface area contributed by atoms with Gasteiger partial charge in [-0.05, 0) is 11.8 Å². The van der Waals surface area contributed by atoms with Crippen LogP contribution in [0.1, 0.15) is 19.8 Å². The van der Waals surface area contributed by atoms with Crippen molar-refractivity contribution in [1.29, 1.82) is 0 Å². The molecule has 0 heterocycles. The first-order valence-corrected chi connectivity index (χ1v) is 2.32. The molecule has 0 saturated heterocycles. The molecule has 0 aliphatic heterocycles. The van der Waals surface area contributed by atoms with Gasteiger partial charge in [-0.25, -0.2) is 0 Å². The Hall–Kier alpha value is 1.09. The van der Waals surface area contributed by atoms with Gasteiger partial charge >= 0.3 is 29.6 Å². The molecule has 0 aromatic heterocycles. The number of unbranched alkanes of at least 4 members (excludes halogenated alkanes) is 1. The predicted octanol–water partition coefficient (Wildman–Crippen LogP) is 1.14. The molecule has 0 fully saturated rings. The Labute approximate surface area is 66.6 Å². The zero-order valence-corrected chi connectivity index (χ0v) is 4.22. The molecule has 6 heavy (non-hydrogen) atoms. The maximum atomic E-state index is 4.53. The van der Waals surface area contributed by atoms with E-state index in [0.29, 0.717) is 0 Å². The van der Waals surface area contributed by atoms with Crippen LogP contribution in [0.2, 0.25) is 0 Å². The van der Waals surface area contributed by atoms with Crippen LogP contribution in [-0.4, -0.2) is 34.9 Å². The molecule has 0 N–H and O–H groups in total. The first-order valence-electron chi connectivity index (χ1n) is 1.85. The Morgan fingerprint density at radius 2 is 2.17 bits per heavy atom. The fourth-order valence-electron chi connectivity index (χ4n) is 0.118. The van der Waals surface area contributed by atoms with Crippen LogP contribution in [0.5, 0.6) is 0 Å². The summed E-state index contributed by atoms with van der Waals surface area (Å²) >= 11 is 4.53. The van der Waals surface area contributed by atoms with E-state index in [0.717, 1.165) is 6.42 Å². The van der Waals surface area contributed by atoms with Crippen molar-refractivity contribution >= 4 is 47.1 Å². The van der Waals surface area contributed by atoms with Crippen molar-refractivity contribution in [2.75, 3.05) is 0 Å². The molecule has 0 nitrogen and oxygen atoms in total. The van der Waals surface area contributed by atoms with Gasteiger partial charge in [0.2, 0.25) is 0 Å². The van der Waals surface area contributed by atoms with Crippen LogP contribution in [0, 0.1) is 0 Å². The summed E-state index contributed by atoms with van der Waals surface area (Å²) in [5, 5.41) is 1.76. The Kier molecular flexibility index (Phi) is 16.0. The summed E-state index contributed by atoms with van der Waals surface area (Å²) in [5.41, 5.74) is 0. The minimum absolute atomic E-state index is 0. The van der Waals surface area contributed by atoms with E-state index < -0.39 is 0 Å². The summed E-state index contributed by atoms with van der Waals surface area (Å²) in [5.74, 6) is 0. The van der Waals surface area contributed by atoms with E-state index in [1.807, 2.05) is 0 Å². The molecular weight excluding hydrogens is 103 g/mol. The minimum atomic E-state index is 0. The third-order valence-electron chi connectivity index (χ3n) is 0.407. The van der Waals surface area contributed by atoms with E-state index in [1.54, 1.807) is 5.37 Å². The quantitative estimate of drug-likeness (QED) is 0.381. The SMILES string of the molecule is CCCC=S.[NaH]. The fourth-order valence-corrected chi connectivity index (χ4v) is 0.354. The van der Waals surface area contributed by atoms with Gasteiger partial charge in [0.1, 0.15) is 0 Å². The van der Waals surface area contributed by atoms with Gasteiger partial charge < -0.3 is 0 Å². The second-order valence-corrected chi connectivity index (χ2v) is 1.29. The molecule has 0 unspecified atom stereocenters. The average molecular weight is 112 g/mol. The molecule has 32 valence electrons. The summed E-state index contributed by atoms with van der Waals surface area (Å²) < 4.78 is 0. The fraction of sp³-hybridized carbons (Fsp3) is 0.750. The molecule has 0 saturated carbocycles. The Balaban J connectivity index is 0. The van der Waals surface area contributed by atoms with Gasteiger partial charge in [-0.2, -0.15) is 0 Å². The van der Waals surface area contributed by atoms with Crippen LogP contribution in [0.4, 0.5) is 0 Å². The van der Waals surface area contributed by atoms with Gasteiger partial charge in [0.15, 0.2) is 0 Å². The van der Waals surface area contributed by atoms with Crippen LogP contribution in [-0.2, 0) is 0 Å². The van der Waals surface area contributed by atoms with Crippen molar-refractivity contribution in [1.82, 2.24) is 0 Å². The summed E-state index contributed by atoms with van der Waals surface area (Å²) in [7, 11) is 0. The summed E-state index contributed by atoms with van der Waals surface area (Å²) in [6.07, 6.45) is 2.26. The first kappa shape index (κ1) is 10.1. The standard InChI is InChI=1S/C4H8S.Na.H/c1-2-3-4-5;;/h4H,2-3H2,1H3;;. The molecule has 0 aromatic rings. The Morgan fingerprint density at radius 3 is 2.17 bits per heavy atom. The van der Waals surface area contributed by atoms with Gasteiger partial charge in [-0.15, -0.1) is 0 Å². The molecule has 0 aliphatic carbocycles. The molecule has 0 radical (unpaired) electrons. The maximum absolute atomic E-state index is 4.53. The molecule has 0 bridgehead atoms. The summed E-state index contributed by atoms with van der Waals surface area (Å²) in [6, 6.07) is 0. The molecule has 0 aromatic carbocycles. The van der Waals surface area contributed by atoms with Crippen molar-refractivity contribution < 1.29 is 0 Å². The summed E-state index contributed by atoms with van der Waals surface area (Å²) in [6.45, 7) is 2.11. The van der Waals surface area contributed by atoms with E-state index in [4.69, 9.17) is 0 Å². The number of thiocarbonyl (C=S) groups is 1. The first-order chi connectivity index (χ1) is 2.41. The normalized spacial score (nSPS) is 6.17. The molecule has 0 atom stereocenters. The number of hydrogen-bond acceptors (Lipinski definition) is 1. The van der Waals surface area contributed by atoms with E-state index in [2.05, 4.69) is 19.1 Å².